The van der Waals surface area contributed by atoms with Crippen LogP contribution >= 0.6 is 23.5 Å². The Hall–Kier alpha value is -0.640. The fourth-order valence-electron chi connectivity index (χ4n) is 1.78. The van der Waals surface area contributed by atoms with E-state index in [0.29, 0.717) is 28.8 Å². The molecule has 0 saturated heterocycles. The van der Waals surface area contributed by atoms with Gasteiger partial charge in [0.15, 0.2) is 0 Å². The molecule has 144 valence electrons. The smallest absolute Gasteiger partial charge is 0.119 e. The van der Waals surface area contributed by atoms with Crippen molar-refractivity contribution in [3.05, 3.63) is 24.3 Å². The average Bonchev–Trinajstić information content (AvgIpc) is 2.63. The Labute approximate surface area is 157 Å². The van der Waals surface area contributed by atoms with E-state index in [4.69, 9.17) is 19.7 Å². The van der Waals surface area contributed by atoms with E-state index in [-0.39, 0.29) is 26.4 Å². The molecule has 0 spiro atoms. The molecule has 0 aromatic heterocycles. The standard InChI is InChI=1S/C17H28O6S2/c18-6-1-8-24-12-14(20)10-22-16-2-4-17(5-3-16)23-11-15(21)13-25-9-7-19/h2-5,14-15,18-21H,1,6-13H2/t14?,15-/m1/s1. The quantitative estimate of drug-likeness (QED) is 0.328. The van der Waals surface area contributed by atoms with Gasteiger partial charge >= 0.3 is 0 Å². The highest BCUT2D eigenvalue weighted by Gasteiger charge is 2.07. The molecule has 0 amide bonds. The van der Waals surface area contributed by atoms with Crippen molar-refractivity contribution >= 4 is 23.5 Å². The van der Waals surface area contributed by atoms with Crippen LogP contribution in [-0.4, -0.2) is 82.1 Å². The number of aliphatic hydroxyl groups excluding tert-OH is 4. The molecule has 1 aromatic carbocycles. The highest BCUT2D eigenvalue weighted by atomic mass is 32.2. The van der Waals surface area contributed by atoms with Gasteiger partial charge in [0.1, 0.15) is 24.7 Å². The third-order valence-corrected chi connectivity index (χ3v) is 5.30. The van der Waals surface area contributed by atoms with Crippen LogP contribution < -0.4 is 9.47 Å². The molecule has 4 N–H and O–H groups in total. The lowest BCUT2D eigenvalue weighted by Gasteiger charge is -2.14. The van der Waals surface area contributed by atoms with E-state index in [2.05, 4.69) is 0 Å². The first-order chi connectivity index (χ1) is 12.2. The fourth-order valence-corrected chi connectivity index (χ4v) is 3.32. The number of aliphatic hydroxyl groups is 4. The van der Waals surface area contributed by atoms with Crippen LogP contribution in [0.2, 0.25) is 0 Å². The Morgan fingerprint density at radius 1 is 0.760 bits per heavy atom. The van der Waals surface area contributed by atoms with Crippen LogP contribution in [0.3, 0.4) is 0 Å². The first kappa shape index (κ1) is 22.4. The van der Waals surface area contributed by atoms with Gasteiger partial charge in [-0.1, -0.05) is 0 Å². The molecule has 6 nitrogen and oxygen atoms in total. The van der Waals surface area contributed by atoms with Crippen LogP contribution in [0.1, 0.15) is 6.42 Å². The molecule has 0 fully saturated rings. The molecule has 2 atom stereocenters. The van der Waals surface area contributed by atoms with Crippen LogP contribution in [0, 0.1) is 0 Å². The minimum absolute atomic E-state index is 0.107. The van der Waals surface area contributed by atoms with Gasteiger partial charge in [0.2, 0.25) is 0 Å². The Balaban J connectivity index is 2.20. The summed E-state index contributed by atoms with van der Waals surface area (Å²) in [5.74, 6) is 3.81. The zero-order chi connectivity index (χ0) is 18.3. The maximum Gasteiger partial charge on any atom is 0.119 e. The summed E-state index contributed by atoms with van der Waals surface area (Å²) in [4.78, 5) is 0. The monoisotopic (exact) mass is 392 g/mol. The van der Waals surface area contributed by atoms with Crippen molar-refractivity contribution in [2.75, 3.05) is 49.4 Å². The summed E-state index contributed by atoms with van der Waals surface area (Å²) >= 11 is 3.07. The predicted molar refractivity (Wildman–Crippen MR) is 103 cm³/mol. The number of ether oxygens (including phenoxy) is 2. The number of thioether (sulfide) groups is 2. The summed E-state index contributed by atoms with van der Waals surface area (Å²) in [6, 6.07) is 7.03. The highest BCUT2D eigenvalue weighted by Crippen LogP contribution is 2.18. The van der Waals surface area contributed by atoms with Crippen LogP contribution in [0.5, 0.6) is 11.5 Å². The van der Waals surface area contributed by atoms with Crippen molar-refractivity contribution in [1.29, 1.82) is 0 Å². The van der Waals surface area contributed by atoms with E-state index in [0.717, 1.165) is 12.2 Å². The lowest BCUT2D eigenvalue weighted by molar-refractivity contribution is 0.124. The van der Waals surface area contributed by atoms with Gasteiger partial charge in [-0.3, -0.25) is 0 Å². The molecule has 0 bridgehead atoms. The number of benzene rings is 1. The Morgan fingerprint density at radius 2 is 1.24 bits per heavy atom. The fraction of sp³-hybridized carbons (Fsp3) is 0.647. The van der Waals surface area contributed by atoms with Gasteiger partial charge in [-0.15, -0.1) is 0 Å². The first-order valence-electron chi connectivity index (χ1n) is 8.24. The van der Waals surface area contributed by atoms with Crippen molar-refractivity contribution in [3.63, 3.8) is 0 Å². The summed E-state index contributed by atoms with van der Waals surface area (Å²) in [7, 11) is 0. The maximum absolute atomic E-state index is 9.82. The lowest BCUT2D eigenvalue weighted by Crippen LogP contribution is -2.21. The lowest BCUT2D eigenvalue weighted by atomic mass is 10.3. The molecule has 0 saturated carbocycles. The van der Waals surface area contributed by atoms with Crippen LogP contribution in [-0.2, 0) is 0 Å². The van der Waals surface area contributed by atoms with Crippen LogP contribution in [0.25, 0.3) is 0 Å². The van der Waals surface area contributed by atoms with E-state index >= 15 is 0 Å². The zero-order valence-electron chi connectivity index (χ0n) is 14.2. The summed E-state index contributed by atoms with van der Waals surface area (Å²) < 4.78 is 11.0. The van der Waals surface area contributed by atoms with Gasteiger partial charge in [-0.25, -0.2) is 0 Å². The van der Waals surface area contributed by atoms with Crippen LogP contribution in [0.4, 0.5) is 0 Å². The molecule has 0 heterocycles. The largest absolute Gasteiger partial charge is 0.491 e. The second-order valence-electron chi connectivity index (χ2n) is 5.35. The molecule has 0 aliphatic rings. The van der Waals surface area contributed by atoms with E-state index < -0.39 is 12.2 Å². The molecule has 0 radical (unpaired) electrons. The van der Waals surface area contributed by atoms with Gasteiger partial charge in [0.25, 0.3) is 0 Å². The average molecular weight is 393 g/mol. The zero-order valence-corrected chi connectivity index (χ0v) is 15.9. The van der Waals surface area contributed by atoms with Gasteiger partial charge in [0.05, 0.1) is 18.8 Å². The minimum atomic E-state index is -0.578. The molecular formula is C17H28O6S2. The molecule has 0 aliphatic carbocycles. The number of hydrogen-bond donors (Lipinski definition) is 4. The second-order valence-corrected chi connectivity index (χ2v) is 7.65. The highest BCUT2D eigenvalue weighted by molar-refractivity contribution is 7.99. The van der Waals surface area contributed by atoms with Crippen molar-refractivity contribution in [3.8, 4) is 11.5 Å². The Morgan fingerprint density at radius 3 is 1.68 bits per heavy atom. The van der Waals surface area contributed by atoms with E-state index in [9.17, 15) is 10.2 Å². The summed E-state index contributed by atoms with van der Waals surface area (Å²) in [5.41, 5.74) is 0. The summed E-state index contributed by atoms with van der Waals surface area (Å²) in [5, 5.41) is 36.9. The van der Waals surface area contributed by atoms with Gasteiger partial charge in [0, 0.05) is 23.9 Å². The third kappa shape index (κ3) is 11.6. The van der Waals surface area contributed by atoms with Crippen molar-refractivity contribution in [2.45, 2.75) is 18.6 Å². The summed E-state index contributed by atoms with van der Waals surface area (Å²) in [6.07, 6.45) is -0.397. The molecular weight excluding hydrogens is 364 g/mol. The van der Waals surface area contributed by atoms with Gasteiger partial charge < -0.3 is 29.9 Å². The van der Waals surface area contributed by atoms with Crippen molar-refractivity contribution < 1.29 is 29.9 Å². The van der Waals surface area contributed by atoms with Gasteiger partial charge in [-0.2, -0.15) is 23.5 Å². The van der Waals surface area contributed by atoms with Crippen molar-refractivity contribution in [1.82, 2.24) is 0 Å². The first-order valence-corrected chi connectivity index (χ1v) is 10.6. The second kappa shape index (κ2) is 14.5. The summed E-state index contributed by atoms with van der Waals surface area (Å²) in [6.45, 7) is 0.692. The van der Waals surface area contributed by atoms with Crippen molar-refractivity contribution in [2.24, 2.45) is 0 Å². The van der Waals surface area contributed by atoms with E-state index in [1.807, 2.05) is 0 Å². The third-order valence-electron chi connectivity index (χ3n) is 3.01. The molecule has 0 aliphatic heterocycles. The normalized spacial score (nSPS) is 13.4. The van der Waals surface area contributed by atoms with Crippen LogP contribution in [0.15, 0.2) is 24.3 Å². The van der Waals surface area contributed by atoms with Gasteiger partial charge in [-0.05, 0) is 36.4 Å². The Bertz CT molecular complexity index is 432. The SMILES string of the molecule is OCCCSCC(O)COc1ccc(OC[C@@H](O)CSCCO)cc1. The predicted octanol–water partition coefficient (Wildman–Crippen LogP) is 1.01. The number of rotatable bonds is 15. The molecule has 1 rings (SSSR count). The number of hydrogen-bond acceptors (Lipinski definition) is 8. The van der Waals surface area contributed by atoms with E-state index in [1.165, 1.54) is 11.8 Å². The molecule has 25 heavy (non-hydrogen) atoms. The molecule has 1 unspecified atom stereocenters. The van der Waals surface area contributed by atoms with E-state index in [1.54, 1.807) is 36.0 Å². The molecule has 1 aromatic rings. The molecule has 8 heteroatoms. The maximum atomic E-state index is 9.82. The Kier molecular flexibility index (Phi) is 13.0. The minimum Gasteiger partial charge on any atom is -0.491 e. The topological polar surface area (TPSA) is 99.4 Å².